The predicted octanol–water partition coefficient (Wildman–Crippen LogP) is 2.40. The van der Waals surface area contributed by atoms with Crippen LogP contribution in [0.5, 0.6) is 11.5 Å². The molecule has 0 spiro atoms. The Bertz CT molecular complexity index is 392. The Morgan fingerprint density at radius 3 is 2.19 bits per heavy atom. The van der Waals surface area contributed by atoms with Gasteiger partial charge < -0.3 is 19.5 Å². The van der Waals surface area contributed by atoms with Crippen molar-refractivity contribution >= 4 is 5.97 Å². The summed E-state index contributed by atoms with van der Waals surface area (Å²) >= 11 is 0. The lowest BCUT2D eigenvalue weighted by molar-refractivity contribution is -0.142. The maximum absolute atomic E-state index is 11.1. The smallest absolute Gasteiger partial charge is 0.307 e. The maximum atomic E-state index is 11.1. The molecule has 0 saturated heterocycles. The fourth-order valence-electron chi connectivity index (χ4n) is 1.64. The maximum Gasteiger partial charge on any atom is 0.307 e. The van der Waals surface area contributed by atoms with Gasteiger partial charge in [-0.3, -0.25) is 4.79 Å². The van der Waals surface area contributed by atoms with E-state index in [1.54, 1.807) is 6.92 Å². The van der Waals surface area contributed by atoms with Gasteiger partial charge in [0.1, 0.15) is 18.1 Å². The molecule has 0 unspecified atom stereocenters. The summed E-state index contributed by atoms with van der Waals surface area (Å²) in [5, 5.41) is 3.13. The topological polar surface area (TPSA) is 56.8 Å². The summed E-state index contributed by atoms with van der Waals surface area (Å²) < 4.78 is 15.9. The Kier molecular flexibility index (Phi) is 9.04. The quantitative estimate of drug-likeness (QED) is 0.502. The van der Waals surface area contributed by atoms with Crippen molar-refractivity contribution in [3.63, 3.8) is 0 Å². The van der Waals surface area contributed by atoms with Gasteiger partial charge in [-0.25, -0.2) is 0 Å². The van der Waals surface area contributed by atoms with E-state index in [9.17, 15) is 4.79 Å². The van der Waals surface area contributed by atoms with E-state index >= 15 is 0 Å². The molecular weight excluding hydrogens is 270 g/mol. The molecule has 0 radical (unpaired) electrons. The first-order valence-electron chi connectivity index (χ1n) is 7.48. The summed E-state index contributed by atoms with van der Waals surface area (Å²) in [5.74, 6) is 1.50. The number of carbonyl (C=O) groups is 1. The fraction of sp³-hybridized carbons (Fsp3) is 0.562. The van der Waals surface area contributed by atoms with Crippen LogP contribution in [0.2, 0.25) is 0 Å². The monoisotopic (exact) mass is 295 g/mol. The molecule has 1 rings (SSSR count). The van der Waals surface area contributed by atoms with Crippen LogP contribution in [0, 0.1) is 0 Å². The highest BCUT2D eigenvalue weighted by Crippen LogP contribution is 2.17. The molecule has 0 saturated carbocycles. The molecule has 0 aliphatic carbocycles. The Morgan fingerprint density at radius 1 is 1.00 bits per heavy atom. The Morgan fingerprint density at radius 2 is 1.62 bits per heavy atom. The third-order valence-corrected chi connectivity index (χ3v) is 2.66. The number of hydrogen-bond donors (Lipinski definition) is 1. The van der Waals surface area contributed by atoms with E-state index in [1.165, 1.54) is 0 Å². The van der Waals surface area contributed by atoms with Gasteiger partial charge in [0, 0.05) is 13.1 Å². The van der Waals surface area contributed by atoms with Crippen molar-refractivity contribution in [2.24, 2.45) is 0 Å². The minimum absolute atomic E-state index is 0.173. The molecule has 0 aliphatic heterocycles. The van der Waals surface area contributed by atoms with E-state index in [0.717, 1.165) is 24.5 Å². The van der Waals surface area contributed by atoms with Gasteiger partial charge in [-0.1, -0.05) is 6.92 Å². The van der Waals surface area contributed by atoms with Gasteiger partial charge in [0.2, 0.25) is 0 Å². The average Bonchev–Trinajstić information content (AvgIpc) is 2.50. The van der Waals surface area contributed by atoms with Crippen LogP contribution < -0.4 is 14.8 Å². The van der Waals surface area contributed by atoms with Crippen molar-refractivity contribution in [3.05, 3.63) is 24.3 Å². The van der Waals surface area contributed by atoms with Gasteiger partial charge >= 0.3 is 5.97 Å². The van der Waals surface area contributed by atoms with Crippen LogP contribution in [0.3, 0.4) is 0 Å². The summed E-state index contributed by atoms with van der Waals surface area (Å²) in [5.41, 5.74) is 0. The van der Waals surface area contributed by atoms with Crippen LogP contribution in [-0.2, 0) is 9.53 Å². The van der Waals surface area contributed by atoms with Crippen LogP contribution in [0.1, 0.15) is 26.7 Å². The van der Waals surface area contributed by atoms with Crippen molar-refractivity contribution in [2.75, 3.05) is 32.9 Å². The van der Waals surface area contributed by atoms with Gasteiger partial charge in [-0.15, -0.1) is 0 Å². The molecule has 0 fully saturated rings. The number of esters is 1. The summed E-state index contributed by atoms with van der Waals surface area (Å²) in [6.07, 6.45) is 1.38. The predicted molar refractivity (Wildman–Crippen MR) is 81.8 cm³/mol. The molecule has 118 valence electrons. The Hall–Kier alpha value is -1.75. The van der Waals surface area contributed by atoms with E-state index in [1.807, 2.05) is 24.3 Å². The minimum atomic E-state index is -0.173. The number of hydrogen-bond acceptors (Lipinski definition) is 5. The Labute approximate surface area is 126 Å². The molecule has 1 N–H and O–H groups in total. The number of benzene rings is 1. The molecule has 21 heavy (non-hydrogen) atoms. The first-order valence-corrected chi connectivity index (χ1v) is 7.48. The zero-order valence-corrected chi connectivity index (χ0v) is 12.9. The molecule has 0 amide bonds. The van der Waals surface area contributed by atoms with E-state index in [-0.39, 0.29) is 5.97 Å². The van der Waals surface area contributed by atoms with Crippen molar-refractivity contribution < 1.29 is 19.0 Å². The van der Waals surface area contributed by atoms with Crippen molar-refractivity contribution in [3.8, 4) is 11.5 Å². The normalized spacial score (nSPS) is 10.2. The third-order valence-electron chi connectivity index (χ3n) is 2.66. The van der Waals surface area contributed by atoms with Crippen LogP contribution >= 0.6 is 0 Å². The highest BCUT2D eigenvalue weighted by molar-refractivity contribution is 5.69. The van der Waals surface area contributed by atoms with Crippen molar-refractivity contribution in [2.45, 2.75) is 26.7 Å². The molecule has 5 heteroatoms. The second-order valence-corrected chi connectivity index (χ2v) is 4.47. The minimum Gasteiger partial charge on any atom is -0.494 e. The van der Waals surface area contributed by atoms with Gasteiger partial charge in [-0.05, 0) is 37.6 Å². The zero-order valence-electron chi connectivity index (χ0n) is 12.9. The van der Waals surface area contributed by atoms with Gasteiger partial charge in [0.15, 0.2) is 0 Å². The molecule has 0 aromatic heterocycles. The van der Waals surface area contributed by atoms with E-state index in [0.29, 0.717) is 32.7 Å². The van der Waals surface area contributed by atoms with Gasteiger partial charge in [0.25, 0.3) is 0 Å². The van der Waals surface area contributed by atoms with Crippen molar-refractivity contribution in [1.29, 1.82) is 0 Å². The van der Waals surface area contributed by atoms with Crippen LogP contribution in [0.25, 0.3) is 0 Å². The average molecular weight is 295 g/mol. The number of ether oxygens (including phenoxy) is 3. The largest absolute Gasteiger partial charge is 0.494 e. The molecular formula is C16H25NO4. The van der Waals surface area contributed by atoms with Crippen LogP contribution in [0.15, 0.2) is 24.3 Å². The van der Waals surface area contributed by atoms with Crippen molar-refractivity contribution in [1.82, 2.24) is 5.32 Å². The molecule has 0 atom stereocenters. The van der Waals surface area contributed by atoms with E-state index in [4.69, 9.17) is 14.2 Å². The second-order valence-electron chi connectivity index (χ2n) is 4.47. The molecule has 1 aromatic rings. The van der Waals surface area contributed by atoms with E-state index < -0.39 is 0 Å². The molecule has 5 nitrogen and oxygen atoms in total. The highest BCUT2D eigenvalue weighted by atomic mass is 16.5. The number of carbonyl (C=O) groups excluding carboxylic acids is 1. The Balaban J connectivity index is 2.08. The molecule has 0 bridgehead atoms. The summed E-state index contributed by atoms with van der Waals surface area (Å²) in [6.45, 7) is 6.88. The lowest BCUT2D eigenvalue weighted by atomic mass is 10.3. The SMILES string of the molecule is CCCOc1ccc(OCCNCCC(=O)OCC)cc1. The summed E-state index contributed by atoms with van der Waals surface area (Å²) in [7, 11) is 0. The fourth-order valence-corrected chi connectivity index (χ4v) is 1.64. The second kappa shape index (κ2) is 11.0. The molecule has 1 aromatic carbocycles. The lowest BCUT2D eigenvalue weighted by Gasteiger charge is -2.09. The highest BCUT2D eigenvalue weighted by Gasteiger charge is 2.00. The lowest BCUT2D eigenvalue weighted by Crippen LogP contribution is -2.24. The van der Waals surface area contributed by atoms with Crippen LogP contribution in [-0.4, -0.2) is 38.9 Å². The molecule has 0 aliphatic rings. The standard InChI is InChI=1S/C16H25NO4/c1-3-12-20-14-5-7-15(8-6-14)21-13-11-17-10-9-16(18)19-4-2/h5-8,17H,3-4,9-13H2,1-2H3. The van der Waals surface area contributed by atoms with E-state index in [2.05, 4.69) is 12.2 Å². The summed E-state index contributed by atoms with van der Waals surface area (Å²) in [6, 6.07) is 7.59. The van der Waals surface area contributed by atoms with Crippen LogP contribution in [0.4, 0.5) is 0 Å². The number of nitrogens with one attached hydrogen (secondary N) is 1. The van der Waals surface area contributed by atoms with Gasteiger partial charge in [-0.2, -0.15) is 0 Å². The molecule has 0 heterocycles. The zero-order chi connectivity index (χ0) is 15.3. The first-order chi connectivity index (χ1) is 10.3. The first kappa shape index (κ1) is 17.3. The summed E-state index contributed by atoms with van der Waals surface area (Å²) in [4.78, 5) is 11.1. The number of rotatable bonds is 11. The third kappa shape index (κ3) is 8.19. The van der Waals surface area contributed by atoms with Gasteiger partial charge in [0.05, 0.1) is 19.6 Å².